The molecular formula is C27H32O14. The number of aromatic hydroxyl groups is 2. The molecule has 0 radical (unpaired) electrons. The predicted octanol–water partition coefficient (Wildman–Crippen LogP) is -1.40. The van der Waals surface area contributed by atoms with Crippen molar-refractivity contribution < 1.29 is 69.6 Å². The molecule has 0 aliphatic carbocycles. The van der Waals surface area contributed by atoms with E-state index in [0.29, 0.717) is 5.56 Å². The standard InChI is InChI=1S/C27H32O14/c1-10-19(31)21(33)23(35)26(37-10)40-17-8-14-15(38-25(17)11-2-4-12(29)5-3-11)6-13(30)7-16(14)39-27-24(36)22(34)20(32)18(9-28)41-27/h2-8,10,18-36H,9H2,1H3/t10-,18-,19-,20+,21+,22-,23-,24+,25?,26-,27+/m0/s1. The Bertz CT molecular complexity index is 1250. The fourth-order valence-electron chi connectivity index (χ4n) is 4.84. The van der Waals surface area contributed by atoms with Gasteiger partial charge in [0.2, 0.25) is 12.6 Å². The van der Waals surface area contributed by atoms with Crippen molar-refractivity contribution in [3.63, 3.8) is 0 Å². The van der Waals surface area contributed by atoms with Gasteiger partial charge in [0.1, 0.15) is 71.5 Å². The zero-order valence-corrected chi connectivity index (χ0v) is 21.7. The molecule has 2 aromatic rings. The molecule has 9 N–H and O–H groups in total. The van der Waals surface area contributed by atoms with Crippen molar-refractivity contribution in [1.29, 1.82) is 0 Å². The number of aliphatic hydroxyl groups excluding tert-OH is 7. The first-order chi connectivity index (χ1) is 19.5. The van der Waals surface area contributed by atoms with Gasteiger partial charge in [-0.1, -0.05) is 12.1 Å². The fourth-order valence-corrected chi connectivity index (χ4v) is 4.84. The summed E-state index contributed by atoms with van der Waals surface area (Å²) in [5, 5.41) is 91.2. The van der Waals surface area contributed by atoms with Crippen LogP contribution in [0.4, 0.5) is 0 Å². The van der Waals surface area contributed by atoms with Crippen LogP contribution in [-0.2, 0) is 14.2 Å². The summed E-state index contributed by atoms with van der Waals surface area (Å²) in [7, 11) is 0. The maximum Gasteiger partial charge on any atom is 0.229 e. The lowest BCUT2D eigenvalue weighted by molar-refractivity contribution is -0.285. The van der Waals surface area contributed by atoms with Crippen molar-refractivity contribution in [2.75, 3.05) is 6.61 Å². The van der Waals surface area contributed by atoms with E-state index in [1.807, 2.05) is 0 Å². The third-order valence-corrected chi connectivity index (χ3v) is 7.23. The Morgan fingerprint density at radius 2 is 1.37 bits per heavy atom. The second-order valence-corrected chi connectivity index (χ2v) is 10.1. The molecule has 3 aliphatic heterocycles. The molecule has 2 aromatic carbocycles. The molecule has 224 valence electrons. The van der Waals surface area contributed by atoms with Gasteiger partial charge in [0, 0.05) is 17.7 Å². The van der Waals surface area contributed by atoms with E-state index in [1.165, 1.54) is 37.3 Å². The highest BCUT2D eigenvalue weighted by atomic mass is 16.7. The van der Waals surface area contributed by atoms with Crippen LogP contribution in [0, 0.1) is 0 Å². The largest absolute Gasteiger partial charge is 0.508 e. The molecule has 2 fully saturated rings. The van der Waals surface area contributed by atoms with Gasteiger partial charge in [0.05, 0.1) is 18.3 Å². The maximum atomic E-state index is 10.5. The van der Waals surface area contributed by atoms with Crippen LogP contribution in [0.5, 0.6) is 23.0 Å². The summed E-state index contributed by atoms with van der Waals surface area (Å²) in [5.41, 5.74) is 0.655. The Kier molecular flexibility index (Phi) is 8.29. The number of aliphatic hydroxyl groups is 7. The van der Waals surface area contributed by atoms with Crippen LogP contribution in [0.2, 0.25) is 0 Å². The number of phenolic OH excluding ortho intramolecular Hbond substituents is 2. The predicted molar refractivity (Wildman–Crippen MR) is 135 cm³/mol. The molecule has 0 spiro atoms. The van der Waals surface area contributed by atoms with E-state index in [4.69, 9.17) is 23.7 Å². The van der Waals surface area contributed by atoms with Crippen LogP contribution >= 0.6 is 0 Å². The Morgan fingerprint density at radius 1 is 0.732 bits per heavy atom. The van der Waals surface area contributed by atoms with E-state index >= 15 is 0 Å². The topological polar surface area (TPSA) is 228 Å². The van der Waals surface area contributed by atoms with Gasteiger partial charge >= 0.3 is 0 Å². The number of ether oxygens (including phenoxy) is 5. The Balaban J connectivity index is 1.52. The summed E-state index contributed by atoms with van der Waals surface area (Å²) in [6.45, 7) is 0.810. The minimum atomic E-state index is -1.74. The molecule has 2 saturated heterocycles. The highest BCUT2D eigenvalue weighted by Crippen LogP contribution is 2.45. The molecule has 3 aliphatic rings. The monoisotopic (exact) mass is 580 g/mol. The minimum Gasteiger partial charge on any atom is -0.508 e. The first kappa shape index (κ1) is 29.3. The Hall–Kier alpha value is -3.18. The fraction of sp³-hybridized carbons (Fsp3) is 0.481. The van der Waals surface area contributed by atoms with Crippen molar-refractivity contribution in [3.05, 3.63) is 53.3 Å². The van der Waals surface area contributed by atoms with Gasteiger partial charge in [-0.05, 0) is 25.1 Å². The van der Waals surface area contributed by atoms with E-state index in [2.05, 4.69) is 0 Å². The van der Waals surface area contributed by atoms with Gasteiger partial charge in [-0.25, -0.2) is 0 Å². The van der Waals surface area contributed by atoms with Gasteiger partial charge in [0.25, 0.3) is 0 Å². The van der Waals surface area contributed by atoms with E-state index in [0.717, 1.165) is 0 Å². The van der Waals surface area contributed by atoms with Crippen molar-refractivity contribution in [1.82, 2.24) is 0 Å². The van der Waals surface area contributed by atoms with Gasteiger partial charge in [-0.2, -0.15) is 0 Å². The average Bonchev–Trinajstić information content (AvgIpc) is 2.95. The Labute approximate surface area is 233 Å². The highest BCUT2D eigenvalue weighted by molar-refractivity contribution is 5.70. The number of phenols is 2. The quantitative estimate of drug-likeness (QED) is 0.191. The van der Waals surface area contributed by atoms with Crippen LogP contribution < -0.4 is 9.47 Å². The molecule has 14 nitrogen and oxygen atoms in total. The Morgan fingerprint density at radius 3 is 2.02 bits per heavy atom. The first-order valence-electron chi connectivity index (χ1n) is 12.9. The lowest BCUT2D eigenvalue weighted by atomic mass is 9.98. The van der Waals surface area contributed by atoms with Gasteiger partial charge in [-0.15, -0.1) is 0 Å². The molecule has 5 rings (SSSR count). The zero-order valence-electron chi connectivity index (χ0n) is 21.7. The number of hydrogen-bond acceptors (Lipinski definition) is 14. The first-order valence-corrected chi connectivity index (χ1v) is 12.9. The second kappa shape index (κ2) is 11.6. The molecule has 14 heteroatoms. The maximum absolute atomic E-state index is 10.5. The van der Waals surface area contributed by atoms with Gasteiger partial charge < -0.3 is 69.6 Å². The minimum absolute atomic E-state index is 0.0127. The lowest BCUT2D eigenvalue weighted by Crippen LogP contribution is -2.60. The number of hydrogen-bond donors (Lipinski definition) is 9. The summed E-state index contributed by atoms with van der Waals surface area (Å²) in [6.07, 6.45) is -14.4. The molecule has 0 aromatic heterocycles. The molecular weight excluding hydrogens is 548 g/mol. The SMILES string of the molecule is C[C@@H]1O[C@@H](OC2=Cc3c(cc(O)cc3O[C@@H]3O[C@@H](CO)[C@@H](O)[C@H](O)[C@H]3O)OC2c2ccc(O)cc2)[C@@H](O)[C@H](O)[C@H]1O. The third kappa shape index (κ3) is 5.66. The molecule has 0 saturated carbocycles. The van der Waals surface area contributed by atoms with E-state index in [-0.39, 0.29) is 34.3 Å². The number of benzene rings is 2. The molecule has 0 bridgehead atoms. The molecule has 1 unspecified atom stereocenters. The molecule has 11 atom stereocenters. The van der Waals surface area contributed by atoms with Gasteiger partial charge in [-0.3, -0.25) is 0 Å². The van der Waals surface area contributed by atoms with Crippen LogP contribution in [0.1, 0.15) is 24.2 Å². The summed E-state index contributed by atoms with van der Waals surface area (Å²) in [4.78, 5) is 0. The third-order valence-electron chi connectivity index (χ3n) is 7.23. The van der Waals surface area contributed by atoms with Crippen molar-refractivity contribution >= 4 is 6.08 Å². The average molecular weight is 581 g/mol. The summed E-state index contributed by atoms with van der Waals surface area (Å²) in [6, 6.07) is 8.38. The smallest absolute Gasteiger partial charge is 0.229 e. The summed E-state index contributed by atoms with van der Waals surface area (Å²) < 4.78 is 28.9. The summed E-state index contributed by atoms with van der Waals surface area (Å²) >= 11 is 0. The normalized spacial score (nSPS) is 37.0. The van der Waals surface area contributed by atoms with Crippen LogP contribution in [-0.4, -0.2) is 114 Å². The van der Waals surface area contributed by atoms with Gasteiger partial charge in [0.15, 0.2) is 6.10 Å². The number of rotatable bonds is 6. The van der Waals surface area contributed by atoms with Crippen molar-refractivity contribution in [2.45, 2.75) is 74.4 Å². The molecule has 41 heavy (non-hydrogen) atoms. The van der Waals surface area contributed by atoms with E-state index in [9.17, 15) is 46.0 Å². The highest BCUT2D eigenvalue weighted by Gasteiger charge is 2.46. The van der Waals surface area contributed by atoms with Crippen molar-refractivity contribution in [3.8, 4) is 23.0 Å². The number of fused-ring (bicyclic) bond motifs is 1. The van der Waals surface area contributed by atoms with E-state index in [1.54, 1.807) is 12.1 Å². The summed E-state index contributed by atoms with van der Waals surface area (Å²) in [5.74, 6) is -0.302. The molecule has 3 heterocycles. The second-order valence-electron chi connectivity index (χ2n) is 10.1. The van der Waals surface area contributed by atoms with Crippen molar-refractivity contribution in [2.24, 2.45) is 0 Å². The van der Waals surface area contributed by atoms with Crippen LogP contribution in [0.15, 0.2) is 42.2 Å². The van der Waals surface area contributed by atoms with Crippen LogP contribution in [0.3, 0.4) is 0 Å². The van der Waals surface area contributed by atoms with Crippen LogP contribution in [0.25, 0.3) is 6.08 Å². The molecule has 0 amide bonds. The zero-order chi connectivity index (χ0) is 29.6. The van der Waals surface area contributed by atoms with E-state index < -0.39 is 74.1 Å². The lowest BCUT2D eigenvalue weighted by Gasteiger charge is -2.41.